The van der Waals surface area contributed by atoms with Crippen LogP contribution in [0.2, 0.25) is 0 Å². The molecule has 21 heavy (non-hydrogen) atoms. The summed E-state index contributed by atoms with van der Waals surface area (Å²) in [6.07, 6.45) is 3.54. The number of hydrogen-bond donors (Lipinski definition) is 0. The lowest BCUT2D eigenvalue weighted by Crippen LogP contribution is -2.42. The van der Waals surface area contributed by atoms with Gasteiger partial charge in [-0.2, -0.15) is 0 Å². The van der Waals surface area contributed by atoms with Crippen molar-refractivity contribution in [2.75, 3.05) is 18.1 Å². The van der Waals surface area contributed by atoms with Crippen LogP contribution in [-0.2, 0) is 9.53 Å². The highest BCUT2D eigenvalue weighted by atomic mass is 16.6. The zero-order chi connectivity index (χ0) is 15.2. The fourth-order valence-electron chi connectivity index (χ4n) is 2.74. The van der Waals surface area contributed by atoms with Crippen molar-refractivity contribution in [3.63, 3.8) is 0 Å². The molecule has 6 nitrogen and oxygen atoms in total. The Morgan fingerprint density at radius 3 is 2.86 bits per heavy atom. The minimum atomic E-state index is -0.437. The van der Waals surface area contributed by atoms with Crippen LogP contribution in [0.15, 0.2) is 24.3 Å². The number of ether oxygens (including phenoxy) is 1. The summed E-state index contributed by atoms with van der Waals surface area (Å²) in [5.41, 5.74) is 0.538. The van der Waals surface area contributed by atoms with E-state index in [0.29, 0.717) is 25.3 Å². The molecule has 114 valence electrons. The van der Waals surface area contributed by atoms with Crippen LogP contribution in [-0.4, -0.2) is 30.1 Å². The lowest BCUT2D eigenvalue weighted by molar-refractivity contribution is -0.384. The number of carbonyl (C=O) groups excluding carboxylic acids is 1. The van der Waals surface area contributed by atoms with Gasteiger partial charge in [0.05, 0.1) is 11.5 Å². The van der Waals surface area contributed by atoms with Crippen LogP contribution in [0.5, 0.6) is 0 Å². The molecule has 0 amide bonds. The fraction of sp³-hybridized carbons (Fsp3) is 0.533. The number of anilines is 1. The smallest absolute Gasteiger partial charge is 0.328 e. The lowest BCUT2D eigenvalue weighted by Gasteiger charge is -2.29. The summed E-state index contributed by atoms with van der Waals surface area (Å²) in [6.45, 7) is 2.72. The zero-order valence-corrected chi connectivity index (χ0v) is 12.2. The highest BCUT2D eigenvalue weighted by Crippen LogP contribution is 2.32. The molecule has 1 fully saturated rings. The molecule has 0 spiro atoms. The van der Waals surface area contributed by atoms with E-state index in [-0.39, 0.29) is 11.7 Å². The summed E-state index contributed by atoms with van der Waals surface area (Å²) >= 11 is 0. The maximum absolute atomic E-state index is 12.2. The van der Waals surface area contributed by atoms with Gasteiger partial charge in [0.1, 0.15) is 11.7 Å². The zero-order valence-electron chi connectivity index (χ0n) is 12.2. The Bertz CT molecular complexity index is 518. The van der Waals surface area contributed by atoms with Gasteiger partial charge in [-0.15, -0.1) is 0 Å². The van der Waals surface area contributed by atoms with Gasteiger partial charge in [-0.05, 0) is 25.8 Å². The minimum absolute atomic E-state index is 0.0358. The molecular formula is C15H20N2O4. The maximum Gasteiger partial charge on any atom is 0.328 e. The molecule has 0 radical (unpaired) electrons. The number of carbonyl (C=O) groups is 1. The predicted molar refractivity (Wildman–Crippen MR) is 79.3 cm³/mol. The van der Waals surface area contributed by atoms with Crippen molar-refractivity contribution in [1.82, 2.24) is 0 Å². The summed E-state index contributed by atoms with van der Waals surface area (Å²) in [4.78, 5) is 24.8. The molecule has 1 atom stereocenters. The minimum Gasteiger partial charge on any atom is -0.464 e. The summed E-state index contributed by atoms with van der Waals surface area (Å²) in [7, 11) is 0. The number of para-hydroxylation sites is 2. The van der Waals surface area contributed by atoms with Gasteiger partial charge >= 0.3 is 5.97 Å². The molecule has 0 N–H and O–H groups in total. The molecule has 0 aliphatic carbocycles. The number of esters is 1. The van der Waals surface area contributed by atoms with E-state index in [2.05, 4.69) is 0 Å². The average molecular weight is 292 g/mol. The molecule has 0 aromatic heterocycles. The highest BCUT2D eigenvalue weighted by molar-refractivity contribution is 5.81. The van der Waals surface area contributed by atoms with Crippen molar-refractivity contribution in [1.29, 1.82) is 0 Å². The van der Waals surface area contributed by atoms with E-state index in [1.807, 2.05) is 4.90 Å². The molecule has 0 bridgehead atoms. The number of nitrogens with zero attached hydrogens (tertiary/aromatic N) is 2. The first-order chi connectivity index (χ1) is 10.1. The maximum atomic E-state index is 12.2. The molecule has 2 rings (SSSR count). The first kappa shape index (κ1) is 15.3. The van der Waals surface area contributed by atoms with Gasteiger partial charge in [-0.3, -0.25) is 10.1 Å². The molecule has 6 heteroatoms. The van der Waals surface area contributed by atoms with Crippen LogP contribution in [0.3, 0.4) is 0 Å². The number of rotatable bonds is 4. The monoisotopic (exact) mass is 292 g/mol. The fourth-order valence-corrected chi connectivity index (χ4v) is 2.74. The third-order valence-corrected chi connectivity index (χ3v) is 3.70. The summed E-state index contributed by atoms with van der Waals surface area (Å²) in [6, 6.07) is 6.14. The average Bonchev–Trinajstić information content (AvgIpc) is 2.73. The Morgan fingerprint density at radius 1 is 1.38 bits per heavy atom. The number of nitro groups is 1. The quantitative estimate of drug-likeness (QED) is 0.484. The SMILES string of the molecule is CCOC(=O)C1CCCCCN1c1ccccc1[N+](=O)[O-]. The van der Waals surface area contributed by atoms with Crippen molar-refractivity contribution in [3.8, 4) is 0 Å². The lowest BCUT2D eigenvalue weighted by atomic mass is 10.1. The Kier molecular flexibility index (Phi) is 5.14. The van der Waals surface area contributed by atoms with Crippen molar-refractivity contribution in [3.05, 3.63) is 34.4 Å². The second-order valence-electron chi connectivity index (χ2n) is 5.06. The molecule has 1 unspecified atom stereocenters. The van der Waals surface area contributed by atoms with E-state index >= 15 is 0 Å². The predicted octanol–water partition coefficient (Wildman–Crippen LogP) is 2.91. The van der Waals surface area contributed by atoms with E-state index in [0.717, 1.165) is 19.3 Å². The Hall–Kier alpha value is -2.11. The first-order valence-corrected chi connectivity index (χ1v) is 7.32. The molecule has 1 saturated heterocycles. The van der Waals surface area contributed by atoms with Crippen molar-refractivity contribution in [2.45, 2.75) is 38.6 Å². The van der Waals surface area contributed by atoms with Crippen LogP contribution >= 0.6 is 0 Å². The van der Waals surface area contributed by atoms with Crippen LogP contribution in [0.25, 0.3) is 0 Å². The summed E-state index contributed by atoms with van der Waals surface area (Å²) in [5.74, 6) is -0.294. The number of nitro benzene ring substituents is 1. The van der Waals surface area contributed by atoms with Gasteiger partial charge < -0.3 is 9.64 Å². The van der Waals surface area contributed by atoms with E-state index in [4.69, 9.17) is 4.74 Å². The Labute approximate surface area is 123 Å². The normalized spacial score (nSPS) is 18.9. The summed E-state index contributed by atoms with van der Waals surface area (Å²) in [5, 5.41) is 11.2. The van der Waals surface area contributed by atoms with Gasteiger partial charge in [-0.25, -0.2) is 4.79 Å². The first-order valence-electron chi connectivity index (χ1n) is 7.32. The molecule has 1 aliphatic rings. The third-order valence-electron chi connectivity index (χ3n) is 3.70. The van der Waals surface area contributed by atoms with E-state index < -0.39 is 11.0 Å². The number of hydrogen-bond acceptors (Lipinski definition) is 5. The van der Waals surface area contributed by atoms with Crippen LogP contribution in [0.1, 0.15) is 32.6 Å². The topological polar surface area (TPSA) is 72.7 Å². The van der Waals surface area contributed by atoms with Crippen LogP contribution in [0, 0.1) is 10.1 Å². The van der Waals surface area contributed by atoms with Crippen LogP contribution in [0.4, 0.5) is 11.4 Å². The summed E-state index contributed by atoms with van der Waals surface area (Å²) < 4.78 is 5.14. The Balaban J connectivity index is 2.37. The standard InChI is InChI=1S/C15H20N2O4/c1-2-21-15(18)14-10-4-3-7-11-16(14)12-8-5-6-9-13(12)17(19)20/h5-6,8-9,14H,2-4,7,10-11H2,1H3. The van der Waals surface area contributed by atoms with Gasteiger partial charge in [0.2, 0.25) is 0 Å². The second-order valence-corrected chi connectivity index (χ2v) is 5.06. The van der Waals surface area contributed by atoms with Gasteiger partial charge in [0, 0.05) is 12.6 Å². The van der Waals surface area contributed by atoms with Crippen molar-refractivity contribution < 1.29 is 14.5 Å². The molecule has 1 aromatic rings. The molecule has 1 aliphatic heterocycles. The molecule has 1 heterocycles. The Morgan fingerprint density at radius 2 is 2.14 bits per heavy atom. The molecule has 0 saturated carbocycles. The van der Waals surface area contributed by atoms with E-state index in [1.165, 1.54) is 6.07 Å². The van der Waals surface area contributed by atoms with Crippen molar-refractivity contribution in [2.24, 2.45) is 0 Å². The highest BCUT2D eigenvalue weighted by Gasteiger charge is 2.32. The van der Waals surface area contributed by atoms with Gasteiger partial charge in [0.15, 0.2) is 0 Å². The molecular weight excluding hydrogens is 272 g/mol. The van der Waals surface area contributed by atoms with Crippen molar-refractivity contribution >= 4 is 17.3 Å². The third kappa shape index (κ3) is 3.51. The van der Waals surface area contributed by atoms with E-state index in [1.54, 1.807) is 25.1 Å². The second kappa shape index (κ2) is 7.06. The number of benzene rings is 1. The van der Waals surface area contributed by atoms with Crippen LogP contribution < -0.4 is 4.90 Å². The largest absolute Gasteiger partial charge is 0.464 e. The van der Waals surface area contributed by atoms with Gasteiger partial charge in [-0.1, -0.05) is 25.0 Å². The van der Waals surface area contributed by atoms with E-state index in [9.17, 15) is 14.9 Å². The molecule has 1 aromatic carbocycles. The van der Waals surface area contributed by atoms with Gasteiger partial charge in [0.25, 0.3) is 5.69 Å².